The zero-order chi connectivity index (χ0) is 12.3. The number of aryl methyl sites for hydroxylation is 1. The Labute approximate surface area is 103 Å². The topological polar surface area (TPSA) is 47.0 Å². The van der Waals surface area contributed by atoms with Crippen LogP contribution in [0.25, 0.3) is 0 Å². The van der Waals surface area contributed by atoms with E-state index in [9.17, 15) is 0 Å². The van der Waals surface area contributed by atoms with Gasteiger partial charge in [0.25, 0.3) is 0 Å². The van der Waals surface area contributed by atoms with Crippen LogP contribution in [0.2, 0.25) is 0 Å². The lowest BCUT2D eigenvalue weighted by Crippen LogP contribution is -2.33. The molecule has 94 valence electrons. The van der Waals surface area contributed by atoms with Gasteiger partial charge in [-0.15, -0.1) is 0 Å². The largest absolute Gasteiger partial charge is 0.481 e. The molecule has 1 unspecified atom stereocenters. The Morgan fingerprint density at radius 2 is 2.24 bits per heavy atom. The smallest absolute Gasteiger partial charge is 0.216 e. The maximum Gasteiger partial charge on any atom is 0.216 e. The van der Waals surface area contributed by atoms with E-state index in [1.165, 1.54) is 12.8 Å². The molecule has 1 fully saturated rings. The van der Waals surface area contributed by atoms with Crippen molar-refractivity contribution >= 4 is 0 Å². The summed E-state index contributed by atoms with van der Waals surface area (Å²) in [6, 6.07) is 2.50. The molecule has 4 heteroatoms. The van der Waals surface area contributed by atoms with Crippen LogP contribution in [0.3, 0.4) is 0 Å². The van der Waals surface area contributed by atoms with Gasteiger partial charge in [-0.25, -0.2) is 4.98 Å². The monoisotopic (exact) mass is 235 g/mol. The van der Waals surface area contributed by atoms with Gasteiger partial charge in [0.05, 0.1) is 7.11 Å². The van der Waals surface area contributed by atoms with Gasteiger partial charge in [0, 0.05) is 24.2 Å². The summed E-state index contributed by atoms with van der Waals surface area (Å²) < 4.78 is 5.18. The fourth-order valence-electron chi connectivity index (χ4n) is 2.20. The number of ether oxygens (including phenoxy) is 1. The van der Waals surface area contributed by atoms with Crippen LogP contribution in [0.1, 0.15) is 31.3 Å². The predicted molar refractivity (Wildman–Crippen MR) is 67.2 cm³/mol. The molecule has 0 aliphatic heterocycles. The van der Waals surface area contributed by atoms with Crippen molar-refractivity contribution in [3.05, 3.63) is 17.6 Å². The van der Waals surface area contributed by atoms with E-state index in [1.807, 2.05) is 13.0 Å². The highest BCUT2D eigenvalue weighted by Crippen LogP contribution is 2.34. The van der Waals surface area contributed by atoms with Crippen LogP contribution < -0.4 is 10.1 Å². The first-order chi connectivity index (χ1) is 8.22. The first-order valence-electron chi connectivity index (χ1n) is 6.35. The third kappa shape index (κ3) is 3.40. The minimum atomic E-state index is 0.555. The van der Waals surface area contributed by atoms with Crippen LogP contribution in [0.4, 0.5) is 0 Å². The molecule has 1 atom stereocenters. The summed E-state index contributed by atoms with van der Waals surface area (Å²) in [4.78, 5) is 8.70. The van der Waals surface area contributed by atoms with Crippen LogP contribution in [-0.2, 0) is 6.42 Å². The van der Waals surface area contributed by atoms with Gasteiger partial charge in [0.1, 0.15) is 5.82 Å². The number of rotatable bonds is 6. The quantitative estimate of drug-likeness (QED) is 0.815. The number of aromatic nitrogens is 2. The molecule has 1 aliphatic rings. The normalized spacial score (nSPS) is 16.9. The van der Waals surface area contributed by atoms with Gasteiger partial charge in [-0.1, -0.05) is 6.92 Å². The molecule has 2 rings (SSSR count). The van der Waals surface area contributed by atoms with Crippen LogP contribution in [-0.4, -0.2) is 29.7 Å². The second-order valence-electron chi connectivity index (χ2n) is 4.65. The number of nitrogens with zero attached hydrogens (tertiary/aromatic N) is 2. The standard InChI is InChI=1S/C13H21N3O/c1-4-14-12(10-5-6-10)7-11-8-13(17-3)16-9(2)15-11/h8,10,12,14H,4-7H2,1-3H3. The molecule has 1 saturated carbocycles. The maximum atomic E-state index is 5.18. The molecule has 0 spiro atoms. The molecule has 0 saturated heterocycles. The second kappa shape index (κ2) is 5.45. The molecule has 17 heavy (non-hydrogen) atoms. The van der Waals surface area contributed by atoms with Gasteiger partial charge in [0.15, 0.2) is 0 Å². The van der Waals surface area contributed by atoms with Crippen LogP contribution in [0.15, 0.2) is 6.07 Å². The SMILES string of the molecule is CCNC(Cc1cc(OC)nc(C)n1)C1CC1. The Kier molecular flexibility index (Phi) is 3.94. The van der Waals surface area contributed by atoms with Gasteiger partial charge in [0.2, 0.25) is 5.88 Å². The van der Waals surface area contributed by atoms with E-state index >= 15 is 0 Å². The van der Waals surface area contributed by atoms with Crippen LogP contribution in [0.5, 0.6) is 5.88 Å². The minimum absolute atomic E-state index is 0.555. The summed E-state index contributed by atoms with van der Waals surface area (Å²) in [6.45, 7) is 5.08. The molecule has 1 aliphatic carbocycles. The summed E-state index contributed by atoms with van der Waals surface area (Å²) in [5, 5.41) is 3.55. The number of methoxy groups -OCH3 is 1. The summed E-state index contributed by atoms with van der Waals surface area (Å²) in [7, 11) is 1.65. The molecule has 0 aromatic carbocycles. The minimum Gasteiger partial charge on any atom is -0.481 e. The van der Waals surface area contributed by atoms with E-state index < -0.39 is 0 Å². The first-order valence-corrected chi connectivity index (χ1v) is 6.35. The lowest BCUT2D eigenvalue weighted by molar-refractivity contribution is 0.393. The van der Waals surface area contributed by atoms with Gasteiger partial charge in [-0.3, -0.25) is 0 Å². The number of hydrogen-bond acceptors (Lipinski definition) is 4. The Morgan fingerprint density at radius 3 is 2.82 bits per heavy atom. The van der Waals surface area contributed by atoms with Crippen molar-refractivity contribution in [1.29, 1.82) is 0 Å². The number of nitrogens with one attached hydrogen (secondary N) is 1. The highest BCUT2D eigenvalue weighted by atomic mass is 16.5. The third-order valence-electron chi connectivity index (χ3n) is 3.16. The van der Waals surface area contributed by atoms with Crippen molar-refractivity contribution < 1.29 is 4.74 Å². The molecule has 1 heterocycles. The summed E-state index contributed by atoms with van der Waals surface area (Å²) in [5.41, 5.74) is 1.08. The Morgan fingerprint density at radius 1 is 1.47 bits per heavy atom. The molecular formula is C13H21N3O. The van der Waals surface area contributed by atoms with Crippen molar-refractivity contribution in [2.75, 3.05) is 13.7 Å². The average molecular weight is 235 g/mol. The van der Waals surface area contributed by atoms with E-state index in [4.69, 9.17) is 4.74 Å². The Balaban J connectivity index is 2.07. The maximum absolute atomic E-state index is 5.18. The molecule has 0 bridgehead atoms. The summed E-state index contributed by atoms with van der Waals surface area (Å²) in [6.07, 6.45) is 3.66. The zero-order valence-corrected chi connectivity index (χ0v) is 10.9. The van der Waals surface area contributed by atoms with Gasteiger partial charge < -0.3 is 10.1 Å². The molecule has 4 nitrogen and oxygen atoms in total. The van der Waals surface area contributed by atoms with Crippen molar-refractivity contribution in [3.8, 4) is 5.88 Å². The van der Waals surface area contributed by atoms with E-state index in [0.717, 1.165) is 30.4 Å². The van der Waals surface area contributed by atoms with E-state index in [1.54, 1.807) is 7.11 Å². The molecule has 1 aromatic heterocycles. The lowest BCUT2D eigenvalue weighted by Gasteiger charge is -2.17. The fourth-order valence-corrected chi connectivity index (χ4v) is 2.20. The number of likely N-dealkylation sites (N-methyl/N-ethyl adjacent to an activating group) is 1. The van der Waals surface area contributed by atoms with Crippen molar-refractivity contribution in [2.45, 2.75) is 39.2 Å². The van der Waals surface area contributed by atoms with E-state index in [2.05, 4.69) is 22.2 Å². The molecule has 1 aromatic rings. The van der Waals surface area contributed by atoms with E-state index in [-0.39, 0.29) is 0 Å². The van der Waals surface area contributed by atoms with Crippen LogP contribution >= 0.6 is 0 Å². The molecular weight excluding hydrogens is 214 g/mol. The second-order valence-corrected chi connectivity index (χ2v) is 4.65. The van der Waals surface area contributed by atoms with Crippen molar-refractivity contribution in [1.82, 2.24) is 15.3 Å². The molecule has 0 radical (unpaired) electrons. The average Bonchev–Trinajstić information content (AvgIpc) is 3.11. The lowest BCUT2D eigenvalue weighted by atomic mass is 10.1. The van der Waals surface area contributed by atoms with Gasteiger partial charge in [-0.05, 0) is 32.2 Å². The van der Waals surface area contributed by atoms with E-state index in [0.29, 0.717) is 11.9 Å². The van der Waals surface area contributed by atoms with Gasteiger partial charge in [-0.2, -0.15) is 4.98 Å². The summed E-state index contributed by atoms with van der Waals surface area (Å²) in [5.74, 6) is 2.28. The third-order valence-corrected chi connectivity index (χ3v) is 3.16. The number of hydrogen-bond donors (Lipinski definition) is 1. The molecule has 0 amide bonds. The highest BCUT2D eigenvalue weighted by molar-refractivity contribution is 5.17. The predicted octanol–water partition coefficient (Wildman–Crippen LogP) is 1.72. The zero-order valence-electron chi connectivity index (χ0n) is 10.9. The first kappa shape index (κ1) is 12.3. The van der Waals surface area contributed by atoms with Gasteiger partial charge >= 0.3 is 0 Å². The Bertz CT molecular complexity index is 377. The highest BCUT2D eigenvalue weighted by Gasteiger charge is 2.30. The Hall–Kier alpha value is -1.16. The van der Waals surface area contributed by atoms with Crippen molar-refractivity contribution in [3.63, 3.8) is 0 Å². The molecule has 1 N–H and O–H groups in total. The van der Waals surface area contributed by atoms with Crippen LogP contribution in [0, 0.1) is 12.8 Å². The van der Waals surface area contributed by atoms with Crippen molar-refractivity contribution in [2.24, 2.45) is 5.92 Å². The summed E-state index contributed by atoms with van der Waals surface area (Å²) >= 11 is 0. The fraction of sp³-hybridized carbons (Fsp3) is 0.692.